The molecule has 0 unspecified atom stereocenters. The lowest BCUT2D eigenvalue weighted by Gasteiger charge is -2.05. The van der Waals surface area contributed by atoms with E-state index in [1.165, 1.54) is 11.3 Å². The summed E-state index contributed by atoms with van der Waals surface area (Å²) in [6.07, 6.45) is 0. The predicted molar refractivity (Wildman–Crippen MR) is 78.6 cm³/mol. The fourth-order valence-electron chi connectivity index (χ4n) is 1.96. The maximum absolute atomic E-state index is 11.2. The second-order valence-corrected chi connectivity index (χ2v) is 5.22. The molecule has 1 N–H and O–H groups in total. The minimum atomic E-state index is -1.07. The van der Waals surface area contributed by atoms with Crippen LogP contribution < -0.4 is 0 Å². The van der Waals surface area contributed by atoms with Crippen LogP contribution in [0.15, 0.2) is 47.8 Å². The van der Waals surface area contributed by atoms with E-state index in [0.717, 1.165) is 4.88 Å². The number of carboxylic acid groups (broad SMARTS) is 1. The molecule has 21 heavy (non-hydrogen) atoms. The van der Waals surface area contributed by atoms with Gasteiger partial charge in [-0.3, -0.25) is 0 Å². The van der Waals surface area contributed by atoms with Gasteiger partial charge in [-0.1, -0.05) is 6.07 Å². The molecule has 0 amide bonds. The first-order valence-corrected chi connectivity index (χ1v) is 6.95. The highest BCUT2D eigenvalue weighted by Crippen LogP contribution is 2.28. The number of rotatable bonds is 3. The standard InChI is InChI=1S/C15H9N3O2S/c16-9-10-3-5-11(6-4-10)18-13(14-2-1-7-21-14)8-12(17-18)15(19)20/h1-8H,(H,19,20). The summed E-state index contributed by atoms with van der Waals surface area (Å²) in [6.45, 7) is 0. The third-order valence-electron chi connectivity index (χ3n) is 2.94. The number of nitriles is 1. The molecule has 102 valence electrons. The van der Waals surface area contributed by atoms with Gasteiger partial charge in [0.2, 0.25) is 0 Å². The van der Waals surface area contributed by atoms with E-state index < -0.39 is 5.97 Å². The Hall–Kier alpha value is -2.91. The molecular formula is C15H9N3O2S. The van der Waals surface area contributed by atoms with Gasteiger partial charge >= 0.3 is 5.97 Å². The monoisotopic (exact) mass is 295 g/mol. The van der Waals surface area contributed by atoms with Crippen molar-refractivity contribution in [2.24, 2.45) is 0 Å². The van der Waals surface area contributed by atoms with Gasteiger partial charge in [-0.05, 0) is 35.7 Å². The van der Waals surface area contributed by atoms with Crippen LogP contribution in [-0.4, -0.2) is 20.9 Å². The van der Waals surface area contributed by atoms with Crippen LogP contribution in [-0.2, 0) is 0 Å². The fourth-order valence-corrected chi connectivity index (χ4v) is 2.69. The maximum Gasteiger partial charge on any atom is 0.356 e. The van der Waals surface area contributed by atoms with Crippen LogP contribution in [0.3, 0.4) is 0 Å². The molecule has 1 aromatic carbocycles. The minimum Gasteiger partial charge on any atom is -0.476 e. The Morgan fingerprint density at radius 2 is 2.05 bits per heavy atom. The van der Waals surface area contributed by atoms with Gasteiger partial charge in [0.25, 0.3) is 0 Å². The van der Waals surface area contributed by atoms with E-state index >= 15 is 0 Å². The van der Waals surface area contributed by atoms with E-state index in [4.69, 9.17) is 10.4 Å². The van der Waals surface area contributed by atoms with Gasteiger partial charge in [0.05, 0.1) is 27.9 Å². The van der Waals surface area contributed by atoms with Crippen LogP contribution in [0.2, 0.25) is 0 Å². The molecule has 0 radical (unpaired) electrons. The minimum absolute atomic E-state index is 0.0113. The molecular weight excluding hydrogens is 286 g/mol. The molecule has 3 aromatic rings. The zero-order valence-electron chi connectivity index (χ0n) is 10.7. The van der Waals surface area contributed by atoms with Gasteiger partial charge < -0.3 is 5.11 Å². The number of nitrogens with zero attached hydrogens (tertiary/aromatic N) is 3. The van der Waals surface area contributed by atoms with Gasteiger partial charge in [-0.25, -0.2) is 9.48 Å². The van der Waals surface area contributed by atoms with Crippen molar-refractivity contribution in [3.8, 4) is 22.3 Å². The van der Waals surface area contributed by atoms with Gasteiger partial charge in [-0.15, -0.1) is 11.3 Å². The average molecular weight is 295 g/mol. The van der Waals surface area contributed by atoms with Crippen molar-refractivity contribution < 1.29 is 9.90 Å². The molecule has 0 bridgehead atoms. The molecule has 0 spiro atoms. The Balaban J connectivity index is 2.16. The van der Waals surface area contributed by atoms with Crippen LogP contribution in [0.25, 0.3) is 16.3 Å². The van der Waals surface area contributed by atoms with Gasteiger partial charge in [0.1, 0.15) is 0 Å². The van der Waals surface area contributed by atoms with Crippen molar-refractivity contribution in [2.75, 3.05) is 0 Å². The Kier molecular flexibility index (Phi) is 3.26. The lowest BCUT2D eigenvalue weighted by atomic mass is 10.2. The first kappa shape index (κ1) is 13.1. The molecule has 0 aliphatic heterocycles. The molecule has 0 fully saturated rings. The highest BCUT2D eigenvalue weighted by molar-refractivity contribution is 7.13. The van der Waals surface area contributed by atoms with Crippen LogP contribution in [0.5, 0.6) is 0 Å². The second kappa shape index (κ2) is 5.23. The Morgan fingerprint density at radius 3 is 2.62 bits per heavy atom. The number of benzene rings is 1. The number of aromatic carboxylic acids is 1. The summed E-state index contributed by atoms with van der Waals surface area (Å²) in [4.78, 5) is 12.1. The average Bonchev–Trinajstić information content (AvgIpc) is 3.16. The number of aromatic nitrogens is 2. The number of hydrogen-bond acceptors (Lipinski definition) is 4. The highest BCUT2D eigenvalue weighted by atomic mass is 32.1. The lowest BCUT2D eigenvalue weighted by molar-refractivity contribution is 0.0690. The van der Waals surface area contributed by atoms with E-state index in [1.807, 2.05) is 23.6 Å². The summed E-state index contributed by atoms with van der Waals surface area (Å²) >= 11 is 1.51. The number of carbonyl (C=O) groups is 1. The van der Waals surface area contributed by atoms with Crippen molar-refractivity contribution in [3.63, 3.8) is 0 Å². The molecule has 5 nitrogen and oxygen atoms in total. The Morgan fingerprint density at radius 1 is 1.29 bits per heavy atom. The van der Waals surface area contributed by atoms with Crippen LogP contribution >= 0.6 is 11.3 Å². The van der Waals surface area contributed by atoms with Crippen molar-refractivity contribution in [3.05, 3.63) is 59.1 Å². The van der Waals surface area contributed by atoms with Gasteiger partial charge in [0, 0.05) is 6.07 Å². The number of carboxylic acids is 1. The van der Waals surface area contributed by atoms with Gasteiger partial charge in [-0.2, -0.15) is 10.4 Å². The third kappa shape index (κ3) is 2.42. The molecule has 0 saturated heterocycles. The first-order chi connectivity index (χ1) is 10.2. The summed E-state index contributed by atoms with van der Waals surface area (Å²) in [5.74, 6) is -1.07. The number of thiophene rings is 1. The molecule has 0 saturated carbocycles. The van der Waals surface area contributed by atoms with Crippen molar-refractivity contribution in [1.82, 2.24) is 9.78 Å². The van der Waals surface area contributed by atoms with Crippen molar-refractivity contribution in [2.45, 2.75) is 0 Å². The van der Waals surface area contributed by atoms with E-state index in [9.17, 15) is 4.79 Å². The SMILES string of the molecule is N#Cc1ccc(-n2nc(C(=O)O)cc2-c2cccs2)cc1. The lowest BCUT2D eigenvalue weighted by Crippen LogP contribution is -2.02. The molecule has 2 heterocycles. The van der Waals surface area contributed by atoms with Crippen LogP contribution in [0, 0.1) is 11.3 Å². The topological polar surface area (TPSA) is 78.9 Å². The van der Waals surface area contributed by atoms with Crippen molar-refractivity contribution >= 4 is 17.3 Å². The zero-order valence-corrected chi connectivity index (χ0v) is 11.5. The summed E-state index contributed by atoms with van der Waals surface area (Å²) in [5.41, 5.74) is 1.96. The first-order valence-electron chi connectivity index (χ1n) is 6.07. The largest absolute Gasteiger partial charge is 0.476 e. The Labute approximate surface area is 124 Å². The fraction of sp³-hybridized carbons (Fsp3) is 0. The molecule has 6 heteroatoms. The summed E-state index contributed by atoms with van der Waals surface area (Å²) in [7, 11) is 0. The maximum atomic E-state index is 11.2. The molecule has 3 rings (SSSR count). The van der Waals surface area contributed by atoms with E-state index in [0.29, 0.717) is 16.9 Å². The van der Waals surface area contributed by atoms with Crippen LogP contribution in [0.1, 0.15) is 16.1 Å². The van der Waals surface area contributed by atoms with Crippen molar-refractivity contribution in [1.29, 1.82) is 5.26 Å². The van der Waals surface area contributed by atoms with Gasteiger partial charge in [0.15, 0.2) is 5.69 Å². The Bertz CT molecular complexity index is 827. The van der Waals surface area contributed by atoms with Crippen LogP contribution in [0.4, 0.5) is 0 Å². The van der Waals surface area contributed by atoms with E-state index in [-0.39, 0.29) is 5.69 Å². The molecule has 0 atom stereocenters. The van der Waals surface area contributed by atoms with E-state index in [2.05, 4.69) is 5.10 Å². The van der Waals surface area contributed by atoms with E-state index in [1.54, 1.807) is 35.0 Å². The third-order valence-corrected chi connectivity index (χ3v) is 3.84. The quantitative estimate of drug-likeness (QED) is 0.805. The molecule has 0 aliphatic carbocycles. The number of hydrogen-bond donors (Lipinski definition) is 1. The summed E-state index contributed by atoms with van der Waals surface area (Å²) < 4.78 is 1.58. The normalized spacial score (nSPS) is 10.2. The molecule has 0 aliphatic rings. The summed E-state index contributed by atoms with van der Waals surface area (Å²) in [6, 6.07) is 14.2. The molecule has 2 aromatic heterocycles. The smallest absolute Gasteiger partial charge is 0.356 e. The predicted octanol–water partition coefficient (Wildman–Crippen LogP) is 3.17. The highest BCUT2D eigenvalue weighted by Gasteiger charge is 2.16. The second-order valence-electron chi connectivity index (χ2n) is 4.27. The summed E-state index contributed by atoms with van der Waals surface area (Å²) in [5, 5.41) is 24.0. The zero-order chi connectivity index (χ0) is 14.8.